The molecule has 1 saturated heterocycles. The summed E-state index contributed by atoms with van der Waals surface area (Å²) in [6.45, 7) is 2.70. The van der Waals surface area contributed by atoms with Crippen LogP contribution in [0.3, 0.4) is 0 Å². The number of nitrogens with one attached hydrogen (secondary N) is 1. The molecule has 2 aromatic carbocycles. The zero-order valence-corrected chi connectivity index (χ0v) is 17.4. The first-order valence-electron chi connectivity index (χ1n) is 10.2. The van der Waals surface area contributed by atoms with Crippen molar-refractivity contribution in [1.29, 1.82) is 0 Å². The summed E-state index contributed by atoms with van der Waals surface area (Å²) in [6.07, 6.45) is 2.54. The van der Waals surface area contributed by atoms with E-state index >= 15 is 0 Å². The maximum absolute atomic E-state index is 12.7. The van der Waals surface area contributed by atoms with Gasteiger partial charge in [0.1, 0.15) is 0 Å². The van der Waals surface area contributed by atoms with Crippen molar-refractivity contribution in [3.05, 3.63) is 59.2 Å². The molecule has 0 spiro atoms. The number of carbonyl (C=O) groups excluding carboxylic acids is 1. The number of benzene rings is 2. The minimum absolute atomic E-state index is 0.00508. The molecule has 162 valence electrons. The summed E-state index contributed by atoms with van der Waals surface area (Å²) in [4.78, 5) is 15.0. The Morgan fingerprint density at radius 2 is 1.93 bits per heavy atom. The molecule has 0 bridgehead atoms. The second-order valence-corrected chi connectivity index (χ2v) is 7.70. The van der Waals surface area contributed by atoms with Gasteiger partial charge in [-0.05, 0) is 48.6 Å². The first-order chi connectivity index (χ1) is 14.5. The highest BCUT2D eigenvalue weighted by atomic mass is 19.3. The Balaban J connectivity index is 1.60. The number of carbonyl (C=O) groups is 1. The maximum atomic E-state index is 12.7. The second kappa shape index (κ2) is 10.4. The minimum Gasteiger partial charge on any atom is -0.493 e. The Morgan fingerprint density at radius 1 is 1.20 bits per heavy atom. The van der Waals surface area contributed by atoms with Gasteiger partial charge in [-0.2, -0.15) is 8.78 Å². The lowest BCUT2D eigenvalue weighted by Gasteiger charge is -2.30. The molecule has 1 atom stereocenters. The summed E-state index contributed by atoms with van der Waals surface area (Å²) in [5, 5.41) is 2.76. The molecule has 1 fully saturated rings. The average molecular weight is 418 g/mol. The van der Waals surface area contributed by atoms with Crippen molar-refractivity contribution in [3.63, 3.8) is 0 Å². The molecular weight excluding hydrogens is 390 g/mol. The number of hydrogen-bond acceptors (Lipinski definition) is 4. The Labute approximate surface area is 176 Å². The van der Waals surface area contributed by atoms with Gasteiger partial charge in [0.2, 0.25) is 0 Å². The first kappa shape index (κ1) is 22.0. The third-order valence-electron chi connectivity index (χ3n) is 5.27. The molecule has 3 rings (SSSR count). The van der Waals surface area contributed by atoms with Crippen LogP contribution in [0.15, 0.2) is 42.5 Å². The number of hydrogen-bond donors (Lipinski definition) is 1. The Bertz CT molecular complexity index is 843. The number of alkyl halides is 2. The van der Waals surface area contributed by atoms with Crippen LogP contribution in [-0.4, -0.2) is 37.6 Å². The van der Waals surface area contributed by atoms with E-state index in [2.05, 4.69) is 34.0 Å². The molecule has 7 heteroatoms. The smallest absolute Gasteiger partial charge is 0.387 e. The van der Waals surface area contributed by atoms with Crippen molar-refractivity contribution in [2.24, 2.45) is 5.92 Å². The van der Waals surface area contributed by atoms with Crippen LogP contribution >= 0.6 is 0 Å². The van der Waals surface area contributed by atoms with Crippen LogP contribution in [0, 0.1) is 5.92 Å². The number of amides is 1. The van der Waals surface area contributed by atoms with E-state index in [-0.39, 0.29) is 23.6 Å². The molecule has 0 saturated carbocycles. The van der Waals surface area contributed by atoms with Crippen LogP contribution in [0.5, 0.6) is 11.5 Å². The van der Waals surface area contributed by atoms with Crippen LogP contribution in [0.2, 0.25) is 0 Å². The standard InChI is InChI=1S/C23H28F2N2O3/c1-16-5-4-12-27(14-16)15-18-10-8-17(9-11-18)13-26-22(28)19-6-3-7-20(29-2)21(19)30-23(24)25/h3,6-11,16,23H,4-5,12-15H2,1-2H3,(H,26,28). The van der Waals surface area contributed by atoms with E-state index in [9.17, 15) is 13.6 Å². The molecule has 30 heavy (non-hydrogen) atoms. The lowest BCUT2D eigenvalue weighted by atomic mass is 9.99. The highest BCUT2D eigenvalue weighted by molar-refractivity contribution is 5.97. The molecule has 2 aromatic rings. The molecule has 1 N–H and O–H groups in total. The molecule has 1 unspecified atom stereocenters. The number of ether oxygens (including phenoxy) is 2. The number of likely N-dealkylation sites (tertiary alicyclic amines) is 1. The monoisotopic (exact) mass is 418 g/mol. The molecule has 1 amide bonds. The van der Waals surface area contributed by atoms with Crippen LogP contribution in [0.4, 0.5) is 8.78 Å². The Hall–Kier alpha value is -2.67. The fraction of sp³-hybridized carbons (Fsp3) is 0.435. The third kappa shape index (κ3) is 5.92. The number of halogens is 2. The van der Waals surface area contributed by atoms with Gasteiger partial charge in [0.05, 0.1) is 12.7 Å². The van der Waals surface area contributed by atoms with Gasteiger partial charge < -0.3 is 14.8 Å². The third-order valence-corrected chi connectivity index (χ3v) is 5.27. The van der Waals surface area contributed by atoms with Gasteiger partial charge in [-0.15, -0.1) is 0 Å². The van der Waals surface area contributed by atoms with Crippen molar-refractivity contribution in [2.75, 3.05) is 20.2 Å². The van der Waals surface area contributed by atoms with E-state index in [1.165, 1.54) is 37.6 Å². The summed E-state index contributed by atoms with van der Waals surface area (Å²) in [7, 11) is 1.33. The number of para-hydroxylation sites is 1. The summed E-state index contributed by atoms with van der Waals surface area (Å²) in [6, 6.07) is 12.5. The van der Waals surface area contributed by atoms with E-state index in [0.29, 0.717) is 0 Å². The number of nitrogens with zero attached hydrogens (tertiary/aromatic N) is 1. The van der Waals surface area contributed by atoms with Crippen LogP contribution < -0.4 is 14.8 Å². The van der Waals surface area contributed by atoms with Gasteiger partial charge >= 0.3 is 6.61 Å². The maximum Gasteiger partial charge on any atom is 0.387 e. The van der Waals surface area contributed by atoms with Crippen molar-refractivity contribution < 1.29 is 23.0 Å². The van der Waals surface area contributed by atoms with Crippen LogP contribution in [-0.2, 0) is 13.1 Å². The average Bonchev–Trinajstić information content (AvgIpc) is 2.73. The highest BCUT2D eigenvalue weighted by Crippen LogP contribution is 2.32. The molecule has 1 aliphatic rings. The largest absolute Gasteiger partial charge is 0.493 e. The van der Waals surface area contributed by atoms with E-state index in [0.717, 1.165) is 31.1 Å². The molecule has 1 aliphatic heterocycles. The van der Waals surface area contributed by atoms with Gasteiger partial charge in [-0.3, -0.25) is 9.69 Å². The van der Waals surface area contributed by atoms with Gasteiger partial charge in [-0.1, -0.05) is 37.3 Å². The predicted molar refractivity (Wildman–Crippen MR) is 111 cm³/mol. The normalized spacial score (nSPS) is 17.0. The molecule has 5 nitrogen and oxygen atoms in total. The number of rotatable bonds is 8. The summed E-state index contributed by atoms with van der Waals surface area (Å²) < 4.78 is 35.0. The van der Waals surface area contributed by atoms with Gasteiger partial charge in [0.15, 0.2) is 11.5 Å². The van der Waals surface area contributed by atoms with Crippen molar-refractivity contribution in [3.8, 4) is 11.5 Å². The minimum atomic E-state index is -3.05. The predicted octanol–water partition coefficient (Wildman–Crippen LogP) is 4.46. The zero-order chi connectivity index (χ0) is 21.5. The van der Waals surface area contributed by atoms with Gasteiger partial charge in [0.25, 0.3) is 5.91 Å². The lowest BCUT2D eigenvalue weighted by molar-refractivity contribution is -0.0515. The number of piperidine rings is 1. The van der Waals surface area contributed by atoms with Crippen LogP contribution in [0.1, 0.15) is 41.3 Å². The molecule has 1 heterocycles. The molecule has 0 radical (unpaired) electrons. The number of methoxy groups -OCH3 is 1. The Kier molecular flexibility index (Phi) is 7.63. The van der Waals surface area contributed by atoms with Gasteiger partial charge in [0, 0.05) is 19.6 Å². The van der Waals surface area contributed by atoms with E-state index in [1.54, 1.807) is 6.07 Å². The second-order valence-electron chi connectivity index (χ2n) is 7.70. The fourth-order valence-electron chi connectivity index (χ4n) is 3.79. The summed E-state index contributed by atoms with van der Waals surface area (Å²) in [5.41, 5.74) is 2.17. The van der Waals surface area contributed by atoms with Gasteiger partial charge in [-0.25, -0.2) is 0 Å². The molecule has 0 aliphatic carbocycles. The zero-order valence-electron chi connectivity index (χ0n) is 17.4. The summed E-state index contributed by atoms with van der Waals surface area (Å²) >= 11 is 0. The van der Waals surface area contributed by atoms with E-state index in [4.69, 9.17) is 4.74 Å². The van der Waals surface area contributed by atoms with Crippen LogP contribution in [0.25, 0.3) is 0 Å². The van der Waals surface area contributed by atoms with Crippen molar-refractivity contribution in [1.82, 2.24) is 10.2 Å². The fourth-order valence-corrected chi connectivity index (χ4v) is 3.79. The van der Waals surface area contributed by atoms with E-state index < -0.39 is 12.5 Å². The molecular formula is C23H28F2N2O3. The topological polar surface area (TPSA) is 50.8 Å². The SMILES string of the molecule is COc1cccc(C(=O)NCc2ccc(CN3CCCC(C)C3)cc2)c1OC(F)F. The lowest BCUT2D eigenvalue weighted by Crippen LogP contribution is -2.33. The first-order valence-corrected chi connectivity index (χ1v) is 10.2. The quantitative estimate of drug-likeness (QED) is 0.688. The van der Waals surface area contributed by atoms with Crippen molar-refractivity contribution in [2.45, 2.75) is 39.5 Å². The molecule has 0 aromatic heterocycles. The van der Waals surface area contributed by atoms with E-state index in [1.807, 2.05) is 12.1 Å². The summed E-state index contributed by atoms with van der Waals surface area (Å²) in [5.74, 6) is 0.0534. The highest BCUT2D eigenvalue weighted by Gasteiger charge is 2.20. The Morgan fingerprint density at radius 3 is 2.60 bits per heavy atom. The van der Waals surface area contributed by atoms with Crippen molar-refractivity contribution >= 4 is 5.91 Å².